The van der Waals surface area contributed by atoms with Crippen LogP contribution >= 0.6 is 22.6 Å². The Morgan fingerprint density at radius 2 is 1.71 bits per heavy atom. The first kappa shape index (κ1) is 19.8. The summed E-state index contributed by atoms with van der Waals surface area (Å²) < 4.78 is 4.90. The first-order chi connectivity index (χ1) is 15.1. The van der Waals surface area contributed by atoms with E-state index in [0.717, 1.165) is 21.2 Å². The fraction of sp³-hybridized carbons (Fsp3) is 0.0769. The summed E-state index contributed by atoms with van der Waals surface area (Å²) in [5.74, 6) is 0.638. The first-order valence-electron chi connectivity index (χ1n) is 10.1. The topological polar surface area (TPSA) is 39.8 Å². The maximum atomic E-state index is 12.8. The molecule has 5 rings (SSSR count). The second kappa shape index (κ2) is 8.15. The molecule has 0 unspecified atom stereocenters. The van der Waals surface area contributed by atoms with E-state index < -0.39 is 0 Å². The molecule has 0 radical (unpaired) electrons. The van der Waals surface area contributed by atoms with Gasteiger partial charge in [-0.2, -0.15) is 0 Å². The highest BCUT2D eigenvalue weighted by molar-refractivity contribution is 14.1. The molecule has 0 amide bonds. The molecule has 2 aromatic heterocycles. The molecule has 0 saturated carbocycles. The molecule has 0 atom stereocenters. The van der Waals surface area contributed by atoms with E-state index in [2.05, 4.69) is 81.9 Å². The van der Waals surface area contributed by atoms with Crippen LogP contribution in [0.5, 0.6) is 0 Å². The number of hydrogen-bond donors (Lipinski definition) is 0. The molecule has 0 aliphatic carbocycles. The second-order valence-corrected chi connectivity index (χ2v) is 8.79. The Balaban J connectivity index is 1.57. The molecule has 4 nitrogen and oxygen atoms in total. The lowest BCUT2D eigenvalue weighted by Gasteiger charge is -2.06. The minimum absolute atomic E-state index is 0.0327. The van der Waals surface area contributed by atoms with Gasteiger partial charge in [0.2, 0.25) is 0 Å². The van der Waals surface area contributed by atoms with Gasteiger partial charge in [0.1, 0.15) is 5.82 Å². The predicted molar refractivity (Wildman–Crippen MR) is 136 cm³/mol. The quantitative estimate of drug-likeness (QED) is 0.287. The molecule has 0 aliphatic heterocycles. The van der Waals surface area contributed by atoms with E-state index in [-0.39, 0.29) is 5.56 Å². The summed E-state index contributed by atoms with van der Waals surface area (Å²) in [7, 11) is 1.77. The molecular weight excluding hydrogens is 497 g/mol. The van der Waals surface area contributed by atoms with E-state index in [0.29, 0.717) is 11.2 Å². The van der Waals surface area contributed by atoms with Crippen LogP contribution in [0.4, 0.5) is 0 Å². The zero-order valence-corrected chi connectivity index (χ0v) is 19.2. The van der Waals surface area contributed by atoms with Crippen molar-refractivity contribution < 1.29 is 0 Å². The third-order valence-electron chi connectivity index (χ3n) is 5.50. The van der Waals surface area contributed by atoms with Crippen LogP contribution in [0.1, 0.15) is 17.0 Å². The zero-order chi connectivity index (χ0) is 21.4. The fourth-order valence-corrected chi connectivity index (χ4v) is 4.38. The highest BCUT2D eigenvalue weighted by Gasteiger charge is 2.09. The van der Waals surface area contributed by atoms with E-state index in [1.807, 2.05) is 36.4 Å². The van der Waals surface area contributed by atoms with E-state index >= 15 is 0 Å². The smallest absolute Gasteiger partial charge is 0.261 e. The van der Waals surface area contributed by atoms with Crippen molar-refractivity contribution >= 4 is 56.5 Å². The van der Waals surface area contributed by atoms with Crippen LogP contribution < -0.4 is 5.56 Å². The van der Waals surface area contributed by atoms with Gasteiger partial charge < -0.3 is 4.57 Å². The van der Waals surface area contributed by atoms with E-state index in [1.54, 1.807) is 11.6 Å². The minimum Gasteiger partial charge on any atom is -0.342 e. The lowest BCUT2D eigenvalue weighted by Crippen LogP contribution is -2.20. The van der Waals surface area contributed by atoms with Crippen LogP contribution in [0, 0.1) is 3.57 Å². The molecule has 0 aliphatic rings. The molecule has 3 aromatic carbocycles. The van der Waals surface area contributed by atoms with Crippen LogP contribution in [0.3, 0.4) is 0 Å². The predicted octanol–water partition coefficient (Wildman–Crippen LogP) is 5.71. The molecule has 2 heterocycles. The number of nitrogens with zero attached hydrogens (tertiary/aromatic N) is 3. The van der Waals surface area contributed by atoms with E-state index in [9.17, 15) is 4.79 Å². The third kappa shape index (κ3) is 3.81. The Labute approximate surface area is 193 Å². The monoisotopic (exact) mass is 517 g/mol. The molecule has 0 bridgehead atoms. The van der Waals surface area contributed by atoms with Gasteiger partial charge in [0.05, 0.1) is 10.9 Å². The lowest BCUT2D eigenvalue weighted by molar-refractivity contribution is 0.828. The Hall–Kier alpha value is -3.19. The van der Waals surface area contributed by atoms with Crippen LogP contribution in [0.2, 0.25) is 0 Å². The summed E-state index contributed by atoms with van der Waals surface area (Å²) in [6.45, 7) is 0.806. The van der Waals surface area contributed by atoms with Crippen LogP contribution in [-0.4, -0.2) is 14.1 Å². The molecule has 0 N–H and O–H groups in total. The van der Waals surface area contributed by atoms with Crippen molar-refractivity contribution in [3.63, 3.8) is 0 Å². The molecule has 0 fully saturated rings. The number of rotatable bonds is 4. The van der Waals surface area contributed by atoms with Crippen molar-refractivity contribution in [2.45, 2.75) is 6.54 Å². The van der Waals surface area contributed by atoms with Crippen molar-refractivity contribution in [1.82, 2.24) is 14.1 Å². The van der Waals surface area contributed by atoms with Crippen molar-refractivity contribution in [2.75, 3.05) is 0 Å². The molecule has 5 aromatic rings. The summed E-state index contributed by atoms with van der Waals surface area (Å²) in [5.41, 5.74) is 4.22. The van der Waals surface area contributed by atoms with Gasteiger partial charge in [0.25, 0.3) is 5.56 Å². The van der Waals surface area contributed by atoms with Gasteiger partial charge in [-0.25, -0.2) is 4.98 Å². The maximum Gasteiger partial charge on any atom is 0.261 e. The molecule has 0 saturated heterocycles. The number of aromatic nitrogens is 3. The molecule has 152 valence electrons. The van der Waals surface area contributed by atoms with Gasteiger partial charge in [0.15, 0.2) is 0 Å². The van der Waals surface area contributed by atoms with Crippen LogP contribution in [0.15, 0.2) is 83.8 Å². The number of hydrogen-bond acceptors (Lipinski definition) is 2. The largest absolute Gasteiger partial charge is 0.342 e. The summed E-state index contributed by atoms with van der Waals surface area (Å²) >= 11 is 2.22. The summed E-state index contributed by atoms with van der Waals surface area (Å²) in [5, 5.41) is 1.82. The summed E-state index contributed by atoms with van der Waals surface area (Å²) in [6, 6.07) is 24.6. The second-order valence-electron chi connectivity index (χ2n) is 7.54. The van der Waals surface area contributed by atoms with Gasteiger partial charge in [-0.1, -0.05) is 48.5 Å². The SMILES string of the molecule is Cn1c(C=Cc2cn(Cc3ccccc3)c3ccccc23)nc2ccc(I)cc2c1=O. The van der Waals surface area contributed by atoms with Crippen molar-refractivity contribution in [2.24, 2.45) is 7.05 Å². The van der Waals surface area contributed by atoms with Crippen LogP contribution in [-0.2, 0) is 13.6 Å². The average molecular weight is 517 g/mol. The average Bonchev–Trinajstić information content (AvgIpc) is 3.14. The first-order valence-corrected chi connectivity index (χ1v) is 11.1. The van der Waals surface area contributed by atoms with Gasteiger partial charge in [-0.15, -0.1) is 0 Å². The molecular formula is C26H20IN3O. The van der Waals surface area contributed by atoms with E-state index in [1.165, 1.54) is 16.5 Å². The molecule has 0 spiro atoms. The number of halogens is 1. The number of benzene rings is 3. The number of para-hydroxylation sites is 1. The molecule has 31 heavy (non-hydrogen) atoms. The van der Waals surface area contributed by atoms with Crippen molar-refractivity contribution in [3.05, 3.63) is 110 Å². The van der Waals surface area contributed by atoms with Crippen LogP contribution in [0.25, 0.3) is 34.0 Å². The highest BCUT2D eigenvalue weighted by Crippen LogP contribution is 2.24. The van der Waals surface area contributed by atoms with E-state index in [4.69, 9.17) is 4.98 Å². The Morgan fingerprint density at radius 3 is 2.55 bits per heavy atom. The Bertz CT molecular complexity index is 1500. The normalized spacial score (nSPS) is 11.7. The van der Waals surface area contributed by atoms with Gasteiger partial charge in [0, 0.05) is 39.8 Å². The third-order valence-corrected chi connectivity index (χ3v) is 6.17. The van der Waals surface area contributed by atoms with Gasteiger partial charge in [-0.05, 0) is 64.6 Å². The van der Waals surface area contributed by atoms with Gasteiger partial charge in [-0.3, -0.25) is 9.36 Å². The standard InChI is InChI=1S/C26H20IN3O/c1-29-25(28-23-13-12-20(27)15-22(23)26(29)31)14-11-19-17-30(16-18-7-3-2-4-8-18)24-10-6-5-9-21(19)24/h2-15,17H,16H2,1H3. The zero-order valence-electron chi connectivity index (χ0n) is 17.0. The van der Waals surface area contributed by atoms with Gasteiger partial charge >= 0.3 is 0 Å². The Kier molecular flexibility index (Phi) is 5.19. The Morgan fingerprint density at radius 1 is 0.935 bits per heavy atom. The minimum atomic E-state index is -0.0327. The molecule has 5 heteroatoms. The summed E-state index contributed by atoms with van der Waals surface area (Å²) in [4.78, 5) is 17.5. The highest BCUT2D eigenvalue weighted by atomic mass is 127. The van der Waals surface area contributed by atoms with Crippen molar-refractivity contribution in [3.8, 4) is 0 Å². The fourth-order valence-electron chi connectivity index (χ4n) is 3.89. The van der Waals surface area contributed by atoms with Crippen molar-refractivity contribution in [1.29, 1.82) is 0 Å². The maximum absolute atomic E-state index is 12.8. The summed E-state index contributed by atoms with van der Waals surface area (Å²) in [6.07, 6.45) is 6.13. The lowest BCUT2D eigenvalue weighted by atomic mass is 10.1. The number of fused-ring (bicyclic) bond motifs is 2.